The van der Waals surface area contributed by atoms with E-state index in [0.717, 1.165) is 22.6 Å². The second-order valence-corrected chi connectivity index (χ2v) is 7.26. The summed E-state index contributed by atoms with van der Waals surface area (Å²) in [6.07, 6.45) is 0. The van der Waals surface area contributed by atoms with E-state index in [9.17, 15) is 4.79 Å². The van der Waals surface area contributed by atoms with Crippen molar-refractivity contribution in [2.75, 3.05) is 13.7 Å². The van der Waals surface area contributed by atoms with Gasteiger partial charge in [-0.15, -0.1) is 0 Å². The van der Waals surface area contributed by atoms with Crippen LogP contribution in [0.1, 0.15) is 11.1 Å². The van der Waals surface area contributed by atoms with Gasteiger partial charge in [0.2, 0.25) is 0 Å². The van der Waals surface area contributed by atoms with E-state index in [1.165, 1.54) is 5.56 Å². The average Bonchev–Trinajstić information content (AvgIpc) is 2.76. The van der Waals surface area contributed by atoms with Crippen LogP contribution in [0.4, 0.5) is 0 Å². The van der Waals surface area contributed by atoms with Crippen molar-refractivity contribution in [1.29, 1.82) is 0 Å². The first-order chi connectivity index (χ1) is 14.6. The number of aryl methyl sites for hydroxylation is 2. The molecule has 0 aliphatic heterocycles. The number of methoxy groups -OCH3 is 1. The van der Waals surface area contributed by atoms with Gasteiger partial charge in [0, 0.05) is 5.56 Å². The molecule has 4 aromatic rings. The Morgan fingerprint density at radius 1 is 0.967 bits per heavy atom. The minimum atomic E-state index is -0.0735. The molecule has 0 saturated heterocycles. The third-order valence-corrected chi connectivity index (χ3v) is 5.11. The summed E-state index contributed by atoms with van der Waals surface area (Å²) in [4.78, 5) is 18.0. The van der Waals surface area contributed by atoms with Crippen molar-refractivity contribution >= 4 is 10.9 Å². The number of aromatic nitrogens is 2. The summed E-state index contributed by atoms with van der Waals surface area (Å²) in [5.41, 5.74) is 3.73. The highest BCUT2D eigenvalue weighted by molar-refractivity contribution is 5.79. The monoisotopic (exact) mass is 400 g/mol. The largest absolute Gasteiger partial charge is 0.497 e. The maximum Gasteiger partial charge on any atom is 0.261 e. The summed E-state index contributed by atoms with van der Waals surface area (Å²) in [7, 11) is 1.63. The van der Waals surface area contributed by atoms with Gasteiger partial charge >= 0.3 is 0 Å². The van der Waals surface area contributed by atoms with Gasteiger partial charge in [0.25, 0.3) is 5.56 Å². The van der Waals surface area contributed by atoms with E-state index < -0.39 is 0 Å². The maximum atomic E-state index is 13.2. The summed E-state index contributed by atoms with van der Waals surface area (Å²) in [6.45, 7) is 4.84. The number of hydrogen-bond acceptors (Lipinski definition) is 4. The predicted molar refractivity (Wildman–Crippen MR) is 119 cm³/mol. The Balaban J connectivity index is 1.71. The molecule has 1 aromatic heterocycles. The fourth-order valence-corrected chi connectivity index (χ4v) is 3.54. The zero-order valence-electron chi connectivity index (χ0n) is 17.4. The van der Waals surface area contributed by atoms with Gasteiger partial charge in [-0.2, -0.15) is 0 Å². The zero-order chi connectivity index (χ0) is 21.1. The van der Waals surface area contributed by atoms with Crippen LogP contribution >= 0.6 is 0 Å². The van der Waals surface area contributed by atoms with Crippen LogP contribution in [0.25, 0.3) is 22.3 Å². The molecule has 0 amide bonds. The second kappa shape index (κ2) is 8.41. The number of fused-ring (bicyclic) bond motifs is 1. The van der Waals surface area contributed by atoms with Crippen molar-refractivity contribution in [2.45, 2.75) is 20.4 Å². The van der Waals surface area contributed by atoms with E-state index in [4.69, 9.17) is 14.5 Å². The Kier molecular flexibility index (Phi) is 5.53. The van der Waals surface area contributed by atoms with E-state index in [2.05, 4.69) is 13.0 Å². The standard InChI is InChI=1S/C25H24N2O3/c1-17-8-13-23(18(2)16-17)30-15-14-27-24(19-9-11-20(29-3)12-10-19)26-22-7-5-4-6-21(22)25(27)28/h4-13,16H,14-15H2,1-3H3. The van der Waals surface area contributed by atoms with Crippen LogP contribution in [0.5, 0.6) is 11.5 Å². The molecule has 4 rings (SSSR count). The van der Waals surface area contributed by atoms with Gasteiger partial charge in [-0.3, -0.25) is 9.36 Å². The molecule has 5 heteroatoms. The highest BCUT2D eigenvalue weighted by Gasteiger charge is 2.13. The van der Waals surface area contributed by atoms with Gasteiger partial charge in [0.15, 0.2) is 0 Å². The fourth-order valence-electron chi connectivity index (χ4n) is 3.54. The van der Waals surface area contributed by atoms with E-state index in [1.54, 1.807) is 11.7 Å². The molecule has 0 spiro atoms. The van der Waals surface area contributed by atoms with Crippen molar-refractivity contribution in [3.8, 4) is 22.9 Å². The SMILES string of the molecule is COc1ccc(-c2nc3ccccc3c(=O)n2CCOc2ccc(C)cc2C)cc1. The molecule has 0 saturated carbocycles. The van der Waals surface area contributed by atoms with Crippen molar-refractivity contribution in [2.24, 2.45) is 0 Å². The molecule has 0 aliphatic carbocycles. The van der Waals surface area contributed by atoms with Crippen LogP contribution in [0, 0.1) is 13.8 Å². The van der Waals surface area contributed by atoms with Gasteiger partial charge < -0.3 is 9.47 Å². The molecule has 0 radical (unpaired) electrons. The molecular formula is C25H24N2O3. The van der Waals surface area contributed by atoms with Gasteiger partial charge in [-0.1, -0.05) is 29.8 Å². The lowest BCUT2D eigenvalue weighted by atomic mass is 10.1. The summed E-state index contributed by atoms with van der Waals surface area (Å²) in [5, 5.41) is 0.598. The molecule has 1 heterocycles. The Morgan fingerprint density at radius 3 is 2.47 bits per heavy atom. The molecule has 0 fully saturated rings. The first-order valence-electron chi connectivity index (χ1n) is 9.91. The van der Waals surface area contributed by atoms with Crippen LogP contribution in [0.15, 0.2) is 71.5 Å². The molecule has 0 aliphatic rings. The lowest BCUT2D eigenvalue weighted by molar-refractivity contribution is 0.295. The fraction of sp³-hybridized carbons (Fsp3) is 0.200. The minimum Gasteiger partial charge on any atom is -0.497 e. The Morgan fingerprint density at radius 2 is 1.73 bits per heavy atom. The van der Waals surface area contributed by atoms with E-state index in [0.29, 0.717) is 29.9 Å². The number of ether oxygens (including phenoxy) is 2. The molecule has 5 nitrogen and oxygen atoms in total. The highest BCUT2D eigenvalue weighted by Crippen LogP contribution is 2.23. The van der Waals surface area contributed by atoms with Crippen molar-refractivity contribution in [1.82, 2.24) is 9.55 Å². The molecule has 0 bridgehead atoms. The highest BCUT2D eigenvalue weighted by atomic mass is 16.5. The molecule has 0 atom stereocenters. The molecule has 0 unspecified atom stereocenters. The van der Waals surface area contributed by atoms with E-state index in [-0.39, 0.29) is 5.56 Å². The van der Waals surface area contributed by atoms with Crippen LogP contribution < -0.4 is 15.0 Å². The quantitative estimate of drug-likeness (QED) is 0.468. The van der Waals surface area contributed by atoms with E-state index in [1.807, 2.05) is 67.6 Å². The summed E-state index contributed by atoms with van der Waals surface area (Å²) in [6, 6.07) is 21.1. The number of hydrogen-bond donors (Lipinski definition) is 0. The van der Waals surface area contributed by atoms with Crippen molar-refractivity contribution in [3.63, 3.8) is 0 Å². The lowest BCUT2D eigenvalue weighted by Gasteiger charge is -2.15. The first-order valence-corrected chi connectivity index (χ1v) is 9.91. The van der Waals surface area contributed by atoms with Gasteiger partial charge in [0.05, 0.1) is 24.6 Å². The van der Waals surface area contributed by atoms with Gasteiger partial charge in [-0.25, -0.2) is 4.98 Å². The van der Waals surface area contributed by atoms with Gasteiger partial charge in [-0.05, 0) is 61.9 Å². The molecule has 30 heavy (non-hydrogen) atoms. The lowest BCUT2D eigenvalue weighted by Crippen LogP contribution is -2.26. The number of benzene rings is 3. The summed E-state index contributed by atoms with van der Waals surface area (Å²) < 4.78 is 12.9. The summed E-state index contributed by atoms with van der Waals surface area (Å²) >= 11 is 0. The Hall–Kier alpha value is -3.60. The maximum absolute atomic E-state index is 13.2. The average molecular weight is 400 g/mol. The first kappa shape index (κ1) is 19.7. The molecular weight excluding hydrogens is 376 g/mol. The minimum absolute atomic E-state index is 0.0735. The third-order valence-electron chi connectivity index (χ3n) is 5.11. The van der Waals surface area contributed by atoms with Crippen LogP contribution in [-0.4, -0.2) is 23.3 Å². The van der Waals surface area contributed by atoms with Crippen LogP contribution in [0.2, 0.25) is 0 Å². The molecule has 3 aromatic carbocycles. The molecule has 0 N–H and O–H groups in total. The van der Waals surface area contributed by atoms with Crippen molar-refractivity contribution in [3.05, 3.63) is 88.2 Å². The predicted octanol–water partition coefficient (Wildman–Crippen LogP) is 4.77. The van der Waals surface area contributed by atoms with Crippen LogP contribution in [-0.2, 0) is 6.54 Å². The topological polar surface area (TPSA) is 53.3 Å². The second-order valence-electron chi connectivity index (χ2n) is 7.26. The van der Waals surface area contributed by atoms with Gasteiger partial charge in [0.1, 0.15) is 23.9 Å². The molecule has 152 valence electrons. The van der Waals surface area contributed by atoms with Crippen LogP contribution in [0.3, 0.4) is 0 Å². The zero-order valence-corrected chi connectivity index (χ0v) is 17.4. The van der Waals surface area contributed by atoms with Crippen molar-refractivity contribution < 1.29 is 9.47 Å². The smallest absolute Gasteiger partial charge is 0.261 e. The normalized spacial score (nSPS) is 10.9. The number of nitrogens with zero attached hydrogens (tertiary/aromatic N) is 2. The number of para-hydroxylation sites is 1. The number of rotatable bonds is 6. The summed E-state index contributed by atoms with van der Waals surface area (Å²) in [5.74, 6) is 2.20. The van der Waals surface area contributed by atoms with E-state index >= 15 is 0 Å². The Labute approximate surface area is 175 Å². The Bertz CT molecular complexity index is 1240. The third kappa shape index (κ3) is 3.92.